The average Bonchev–Trinajstić information content (AvgIpc) is 2.65. The van der Waals surface area contributed by atoms with Gasteiger partial charge in [0.05, 0.1) is 25.1 Å². The Kier molecular flexibility index (Phi) is 6.64. The first-order chi connectivity index (χ1) is 14.9. The van der Waals surface area contributed by atoms with Crippen molar-refractivity contribution in [1.29, 1.82) is 0 Å². The van der Waals surface area contributed by atoms with Crippen LogP contribution in [0.25, 0.3) is 0 Å². The number of halogens is 6. The smallest absolute Gasteiger partial charge is 0.223 e. The van der Waals surface area contributed by atoms with Gasteiger partial charge in [-0.3, -0.25) is 0 Å². The highest BCUT2D eigenvalue weighted by Crippen LogP contribution is 2.44. The van der Waals surface area contributed by atoms with Gasteiger partial charge in [-0.05, 0) is 69.0 Å². The van der Waals surface area contributed by atoms with Crippen LogP contribution in [0.1, 0.15) is 32.3 Å². The molecule has 2 aromatic rings. The number of alkyl halides is 3. The molecule has 13 heteroatoms. The van der Waals surface area contributed by atoms with E-state index >= 15 is 0 Å². The largest absolute Gasteiger partial charge is 0.416 e. The molecule has 0 unspecified atom stereocenters. The standard InChI is InChI=1S/C20H19ClF5NO4S2/c1-19(2,32(28,29)16-8-12(20(24,25)26)5-13(22)9-16)11-6-14(7-11)27-33(30,31)15-3-4-18(23)17(21)10-15/h3-5,8-11,14,27H,6-7H2,1-2H3/t11-,14-. The second-order valence-corrected chi connectivity index (χ2v) is 13.0. The molecule has 1 aliphatic rings. The normalized spacial score (nSPS) is 19.9. The zero-order valence-corrected chi connectivity index (χ0v) is 19.6. The van der Waals surface area contributed by atoms with Crippen LogP contribution in [0.15, 0.2) is 46.2 Å². The Morgan fingerprint density at radius 1 is 0.939 bits per heavy atom. The van der Waals surface area contributed by atoms with E-state index in [-0.39, 0.29) is 28.8 Å². The van der Waals surface area contributed by atoms with Gasteiger partial charge in [0.15, 0.2) is 9.84 Å². The number of hydrogen-bond acceptors (Lipinski definition) is 4. The number of hydrogen-bond donors (Lipinski definition) is 1. The van der Waals surface area contributed by atoms with Gasteiger partial charge in [0.1, 0.15) is 11.6 Å². The molecule has 0 aromatic heterocycles. The van der Waals surface area contributed by atoms with E-state index in [1.165, 1.54) is 13.8 Å². The number of nitrogens with one attached hydrogen (secondary N) is 1. The molecule has 0 amide bonds. The van der Waals surface area contributed by atoms with Crippen molar-refractivity contribution in [3.05, 3.63) is 58.6 Å². The van der Waals surface area contributed by atoms with Crippen LogP contribution in [0.4, 0.5) is 22.0 Å². The molecule has 0 heterocycles. The summed E-state index contributed by atoms with van der Waals surface area (Å²) in [5.41, 5.74) is -1.42. The third-order valence-electron chi connectivity index (χ3n) is 5.85. The van der Waals surface area contributed by atoms with Crippen molar-refractivity contribution in [2.24, 2.45) is 5.92 Å². The SMILES string of the molecule is CC(C)([C@H]1C[C@H](NS(=O)(=O)c2ccc(F)c(Cl)c2)C1)S(=O)(=O)c1cc(F)cc(C(F)(F)F)c1. The summed E-state index contributed by atoms with van der Waals surface area (Å²) in [5.74, 6) is -2.75. The number of sulfone groups is 1. The van der Waals surface area contributed by atoms with Crippen molar-refractivity contribution in [2.45, 2.75) is 53.4 Å². The number of benzene rings is 2. The monoisotopic (exact) mass is 531 g/mol. The molecule has 1 saturated carbocycles. The summed E-state index contributed by atoms with van der Waals surface area (Å²) >= 11 is 5.62. The van der Waals surface area contributed by atoms with Crippen molar-refractivity contribution in [1.82, 2.24) is 4.72 Å². The van der Waals surface area contributed by atoms with Crippen molar-refractivity contribution in [2.75, 3.05) is 0 Å². The van der Waals surface area contributed by atoms with Crippen LogP contribution in [0.2, 0.25) is 5.02 Å². The maximum absolute atomic E-state index is 13.8. The Balaban J connectivity index is 1.78. The van der Waals surface area contributed by atoms with E-state index in [2.05, 4.69) is 4.72 Å². The van der Waals surface area contributed by atoms with Crippen LogP contribution in [-0.2, 0) is 26.0 Å². The van der Waals surface area contributed by atoms with E-state index in [0.29, 0.717) is 12.1 Å². The lowest BCUT2D eigenvalue weighted by Gasteiger charge is -2.44. The Labute approximate surface area is 192 Å². The Bertz CT molecular complexity index is 1290. The van der Waals surface area contributed by atoms with Gasteiger partial charge in [-0.25, -0.2) is 30.3 Å². The van der Waals surface area contributed by atoms with E-state index in [1.807, 2.05) is 0 Å². The second-order valence-electron chi connectivity index (χ2n) is 8.34. The molecule has 0 saturated heterocycles. The molecule has 5 nitrogen and oxygen atoms in total. The summed E-state index contributed by atoms with van der Waals surface area (Å²) in [6.45, 7) is 2.60. The van der Waals surface area contributed by atoms with Gasteiger partial charge in [-0.1, -0.05) is 11.6 Å². The Morgan fingerprint density at radius 2 is 1.55 bits per heavy atom. The summed E-state index contributed by atoms with van der Waals surface area (Å²) in [6.07, 6.45) is -4.79. The first kappa shape index (κ1) is 25.9. The van der Waals surface area contributed by atoms with Crippen LogP contribution in [0, 0.1) is 17.6 Å². The predicted octanol–water partition coefficient (Wildman–Crippen LogP) is 4.95. The molecule has 33 heavy (non-hydrogen) atoms. The maximum Gasteiger partial charge on any atom is 0.416 e. The van der Waals surface area contributed by atoms with Crippen LogP contribution in [0.5, 0.6) is 0 Å². The first-order valence-corrected chi connectivity index (χ1v) is 12.9. The number of rotatable bonds is 6. The van der Waals surface area contributed by atoms with Crippen LogP contribution >= 0.6 is 11.6 Å². The quantitative estimate of drug-likeness (QED) is 0.535. The van der Waals surface area contributed by atoms with E-state index < -0.39 is 64.8 Å². The minimum Gasteiger partial charge on any atom is -0.223 e. The Hall–Kier alpha value is -1.76. The number of sulfonamides is 1. The van der Waals surface area contributed by atoms with Gasteiger partial charge in [-0.2, -0.15) is 13.2 Å². The summed E-state index contributed by atoms with van der Waals surface area (Å²) in [7, 11) is -8.48. The maximum atomic E-state index is 13.8. The lowest BCUT2D eigenvalue weighted by atomic mass is 9.73. The lowest BCUT2D eigenvalue weighted by Crippen LogP contribution is -2.53. The predicted molar refractivity (Wildman–Crippen MR) is 111 cm³/mol. The fraction of sp³-hybridized carbons (Fsp3) is 0.400. The van der Waals surface area contributed by atoms with E-state index in [9.17, 15) is 38.8 Å². The molecule has 1 N–H and O–H groups in total. The molecular weight excluding hydrogens is 513 g/mol. The fourth-order valence-corrected chi connectivity index (χ4v) is 6.94. The molecule has 1 aliphatic carbocycles. The summed E-state index contributed by atoms with van der Waals surface area (Å²) in [5, 5.41) is -0.384. The highest BCUT2D eigenvalue weighted by Gasteiger charge is 2.49. The molecule has 182 valence electrons. The topological polar surface area (TPSA) is 80.3 Å². The van der Waals surface area contributed by atoms with Gasteiger partial charge >= 0.3 is 6.18 Å². The van der Waals surface area contributed by atoms with Gasteiger partial charge in [0, 0.05) is 6.04 Å². The fourth-order valence-electron chi connectivity index (χ4n) is 3.62. The van der Waals surface area contributed by atoms with Crippen molar-refractivity contribution < 1.29 is 38.8 Å². The third kappa shape index (κ3) is 5.03. The molecule has 0 radical (unpaired) electrons. The molecule has 3 rings (SSSR count). The molecule has 0 aliphatic heterocycles. The minimum atomic E-state index is -4.93. The van der Waals surface area contributed by atoms with E-state index in [4.69, 9.17) is 11.6 Å². The minimum absolute atomic E-state index is 0.0713. The third-order valence-corrected chi connectivity index (χ3v) is 10.2. The molecule has 0 bridgehead atoms. The zero-order chi connectivity index (χ0) is 25.0. The molecule has 0 atom stereocenters. The van der Waals surface area contributed by atoms with Gasteiger partial charge in [0.2, 0.25) is 10.0 Å². The van der Waals surface area contributed by atoms with Crippen LogP contribution < -0.4 is 4.72 Å². The van der Waals surface area contributed by atoms with Gasteiger partial charge in [0.25, 0.3) is 0 Å². The highest BCUT2D eigenvalue weighted by atomic mass is 35.5. The average molecular weight is 532 g/mol. The summed E-state index contributed by atoms with van der Waals surface area (Å²) in [4.78, 5) is -1.08. The van der Waals surface area contributed by atoms with Crippen molar-refractivity contribution in [3.8, 4) is 0 Å². The van der Waals surface area contributed by atoms with Crippen LogP contribution in [0.3, 0.4) is 0 Å². The second kappa shape index (κ2) is 8.47. The molecular formula is C20H19ClF5NO4S2. The van der Waals surface area contributed by atoms with Gasteiger partial charge in [-0.15, -0.1) is 0 Å². The van der Waals surface area contributed by atoms with Crippen molar-refractivity contribution >= 4 is 31.5 Å². The lowest BCUT2D eigenvalue weighted by molar-refractivity contribution is -0.137. The molecule has 1 fully saturated rings. The zero-order valence-electron chi connectivity index (χ0n) is 17.3. The van der Waals surface area contributed by atoms with E-state index in [1.54, 1.807) is 0 Å². The summed E-state index contributed by atoms with van der Waals surface area (Å²) < 4.78 is 118. The van der Waals surface area contributed by atoms with Gasteiger partial charge < -0.3 is 0 Å². The van der Waals surface area contributed by atoms with Crippen LogP contribution in [-0.4, -0.2) is 27.6 Å². The van der Waals surface area contributed by atoms with Crippen molar-refractivity contribution in [3.63, 3.8) is 0 Å². The highest BCUT2D eigenvalue weighted by molar-refractivity contribution is 7.92. The van der Waals surface area contributed by atoms with E-state index in [0.717, 1.165) is 18.2 Å². The Morgan fingerprint density at radius 3 is 2.09 bits per heavy atom. The summed E-state index contributed by atoms with van der Waals surface area (Å²) in [6, 6.07) is 3.33. The molecule has 2 aromatic carbocycles. The molecule has 0 spiro atoms. The first-order valence-electron chi connectivity index (χ1n) is 9.55.